The van der Waals surface area contributed by atoms with E-state index in [2.05, 4.69) is 26.8 Å². The van der Waals surface area contributed by atoms with Gasteiger partial charge in [0.25, 0.3) is 0 Å². The Hall–Kier alpha value is -1.62. The highest BCUT2D eigenvalue weighted by molar-refractivity contribution is 5.88. The van der Waals surface area contributed by atoms with Gasteiger partial charge < -0.3 is 0 Å². The Kier molecular flexibility index (Phi) is 4.89. The summed E-state index contributed by atoms with van der Waals surface area (Å²) in [6.45, 7) is 10.4. The molecule has 0 N–H and O–H groups in total. The van der Waals surface area contributed by atoms with Crippen molar-refractivity contribution >= 4 is 5.78 Å². The number of Topliss-reactive ketones (excluding diaryl/α,β-unsaturated/α-hetero) is 1. The van der Waals surface area contributed by atoms with Gasteiger partial charge in [-0.25, -0.2) is 0 Å². The second kappa shape index (κ2) is 6.02. The second-order valence-electron chi connectivity index (χ2n) is 6.43. The van der Waals surface area contributed by atoms with E-state index in [0.717, 1.165) is 17.5 Å². The van der Waals surface area contributed by atoms with Crippen LogP contribution in [0.4, 0.5) is 0 Å². The molecule has 0 aliphatic carbocycles. The summed E-state index contributed by atoms with van der Waals surface area (Å²) < 4.78 is 0. The maximum atomic E-state index is 12.2. The number of hydrogen-bond donors (Lipinski definition) is 0. The van der Waals surface area contributed by atoms with Gasteiger partial charge >= 0.3 is 0 Å². The molecule has 0 aromatic heterocycles. The number of rotatable bonds is 4. The van der Waals surface area contributed by atoms with Crippen molar-refractivity contribution in [1.82, 2.24) is 0 Å². The maximum absolute atomic E-state index is 12.2. The Morgan fingerprint density at radius 2 is 1.89 bits per heavy atom. The molecule has 0 saturated carbocycles. The third kappa shape index (κ3) is 4.52. The van der Waals surface area contributed by atoms with Crippen LogP contribution in [0.2, 0.25) is 0 Å². The van der Waals surface area contributed by atoms with Crippen LogP contribution < -0.4 is 0 Å². The number of hydrogen-bond acceptors (Lipinski definition) is 2. The summed E-state index contributed by atoms with van der Waals surface area (Å²) in [6.07, 6.45) is 1.28. The third-order valence-electron chi connectivity index (χ3n) is 3.44. The Balaban J connectivity index is 2.86. The van der Waals surface area contributed by atoms with Gasteiger partial charge in [-0.05, 0) is 42.4 Å². The molecule has 1 atom stereocenters. The van der Waals surface area contributed by atoms with Crippen LogP contribution in [-0.2, 0) is 4.79 Å². The average molecular weight is 257 g/mol. The van der Waals surface area contributed by atoms with Crippen LogP contribution in [0.1, 0.15) is 56.2 Å². The molecule has 1 unspecified atom stereocenters. The molecule has 2 heteroatoms. The van der Waals surface area contributed by atoms with E-state index in [4.69, 9.17) is 0 Å². The normalized spacial score (nSPS) is 12.8. The van der Waals surface area contributed by atoms with Crippen LogP contribution in [0.15, 0.2) is 18.2 Å². The van der Waals surface area contributed by atoms with Crippen molar-refractivity contribution < 1.29 is 4.79 Å². The van der Waals surface area contributed by atoms with Gasteiger partial charge in [-0.15, -0.1) is 0 Å². The molecule has 0 spiro atoms. The summed E-state index contributed by atoms with van der Waals surface area (Å²) in [5, 5.41) is 9.27. The summed E-state index contributed by atoms with van der Waals surface area (Å²) >= 11 is 0. The molecule has 0 aliphatic heterocycles. The zero-order valence-corrected chi connectivity index (χ0v) is 12.6. The van der Waals surface area contributed by atoms with E-state index in [0.29, 0.717) is 6.42 Å². The fourth-order valence-electron chi connectivity index (χ4n) is 1.92. The highest BCUT2D eigenvalue weighted by atomic mass is 16.1. The van der Waals surface area contributed by atoms with Crippen molar-refractivity contribution in [3.05, 3.63) is 34.9 Å². The van der Waals surface area contributed by atoms with E-state index >= 15 is 0 Å². The first kappa shape index (κ1) is 15.4. The highest BCUT2D eigenvalue weighted by Gasteiger charge is 2.22. The average Bonchev–Trinajstić information content (AvgIpc) is 2.31. The number of carbonyl (C=O) groups excluding carboxylic acids is 1. The molecule has 0 heterocycles. The number of ketones is 1. The molecule has 0 bridgehead atoms. The smallest absolute Gasteiger partial charge is 0.154 e. The number of aryl methyl sites for hydroxylation is 2. The quantitative estimate of drug-likeness (QED) is 0.806. The summed E-state index contributed by atoms with van der Waals surface area (Å²) in [4.78, 5) is 12.2. The lowest BCUT2D eigenvalue weighted by Crippen LogP contribution is -2.15. The van der Waals surface area contributed by atoms with Crippen LogP contribution >= 0.6 is 0 Å². The summed E-state index contributed by atoms with van der Waals surface area (Å²) in [7, 11) is 0. The molecule has 19 heavy (non-hydrogen) atoms. The molecule has 0 amide bonds. The van der Waals surface area contributed by atoms with Crippen LogP contribution in [0, 0.1) is 30.6 Å². The molecule has 2 nitrogen and oxygen atoms in total. The van der Waals surface area contributed by atoms with Gasteiger partial charge in [-0.1, -0.05) is 39.0 Å². The SMILES string of the molecule is Cc1ccc(C(C#N)C(=O)CCC(C)(C)C)cc1C. The van der Waals surface area contributed by atoms with Gasteiger partial charge in [0, 0.05) is 6.42 Å². The van der Waals surface area contributed by atoms with E-state index in [9.17, 15) is 10.1 Å². The minimum atomic E-state index is -0.623. The van der Waals surface area contributed by atoms with Crippen LogP contribution in [0.5, 0.6) is 0 Å². The lowest BCUT2D eigenvalue weighted by molar-refractivity contribution is -0.119. The van der Waals surface area contributed by atoms with E-state index in [1.165, 1.54) is 5.56 Å². The Bertz CT molecular complexity index is 503. The molecule has 0 aliphatic rings. The van der Waals surface area contributed by atoms with Gasteiger partial charge in [0.15, 0.2) is 5.78 Å². The van der Waals surface area contributed by atoms with Crippen molar-refractivity contribution in [1.29, 1.82) is 5.26 Å². The van der Waals surface area contributed by atoms with E-state index < -0.39 is 5.92 Å². The van der Waals surface area contributed by atoms with Gasteiger partial charge in [0.1, 0.15) is 5.92 Å². The molecule has 0 saturated heterocycles. The maximum Gasteiger partial charge on any atom is 0.154 e. The van der Waals surface area contributed by atoms with Crippen molar-refractivity contribution in [2.45, 2.75) is 53.4 Å². The topological polar surface area (TPSA) is 40.9 Å². The fourth-order valence-corrected chi connectivity index (χ4v) is 1.92. The van der Waals surface area contributed by atoms with E-state index in [-0.39, 0.29) is 11.2 Å². The van der Waals surface area contributed by atoms with Crippen molar-refractivity contribution in [2.75, 3.05) is 0 Å². The molecule has 1 rings (SSSR count). The van der Waals surface area contributed by atoms with Crippen LogP contribution in [0.3, 0.4) is 0 Å². The molecule has 1 aromatic rings. The monoisotopic (exact) mass is 257 g/mol. The molecule has 102 valence electrons. The van der Waals surface area contributed by atoms with Gasteiger partial charge in [0.05, 0.1) is 6.07 Å². The minimum Gasteiger partial charge on any atom is -0.298 e. The first-order chi connectivity index (χ1) is 8.74. The zero-order chi connectivity index (χ0) is 14.6. The van der Waals surface area contributed by atoms with Crippen LogP contribution in [-0.4, -0.2) is 5.78 Å². The first-order valence-electron chi connectivity index (χ1n) is 6.74. The summed E-state index contributed by atoms with van der Waals surface area (Å²) in [6, 6.07) is 7.98. The molecule has 0 fully saturated rings. The number of carbonyl (C=O) groups is 1. The number of nitrogens with zero attached hydrogens (tertiary/aromatic N) is 1. The minimum absolute atomic E-state index is 0.0284. The van der Waals surface area contributed by atoms with Gasteiger partial charge in [-0.2, -0.15) is 5.26 Å². The van der Waals surface area contributed by atoms with Crippen molar-refractivity contribution in [2.24, 2.45) is 5.41 Å². The van der Waals surface area contributed by atoms with Crippen LogP contribution in [0.25, 0.3) is 0 Å². The second-order valence-corrected chi connectivity index (χ2v) is 6.43. The lowest BCUT2D eigenvalue weighted by atomic mass is 9.85. The molecular formula is C17H23NO. The van der Waals surface area contributed by atoms with E-state index in [1.54, 1.807) is 0 Å². The summed E-state index contributed by atoms with van der Waals surface area (Å²) in [5.74, 6) is -0.595. The van der Waals surface area contributed by atoms with Crippen molar-refractivity contribution in [3.63, 3.8) is 0 Å². The Morgan fingerprint density at radius 3 is 2.37 bits per heavy atom. The first-order valence-corrected chi connectivity index (χ1v) is 6.74. The lowest BCUT2D eigenvalue weighted by Gasteiger charge is -2.18. The number of nitriles is 1. The standard InChI is InChI=1S/C17H23NO/c1-12-6-7-14(10-13(12)2)15(11-18)16(19)8-9-17(3,4)5/h6-7,10,15H,8-9H2,1-5H3. The Labute approximate surface area is 116 Å². The molecule has 1 aromatic carbocycles. The predicted molar refractivity (Wildman–Crippen MR) is 78.0 cm³/mol. The zero-order valence-electron chi connectivity index (χ0n) is 12.6. The highest BCUT2D eigenvalue weighted by Crippen LogP contribution is 2.25. The molecule has 0 radical (unpaired) electrons. The van der Waals surface area contributed by atoms with Gasteiger partial charge in [0.2, 0.25) is 0 Å². The van der Waals surface area contributed by atoms with Crippen molar-refractivity contribution in [3.8, 4) is 6.07 Å². The Morgan fingerprint density at radius 1 is 1.26 bits per heavy atom. The summed E-state index contributed by atoms with van der Waals surface area (Å²) in [5.41, 5.74) is 3.26. The number of benzene rings is 1. The third-order valence-corrected chi connectivity index (χ3v) is 3.44. The predicted octanol–water partition coefficient (Wildman–Crippen LogP) is 4.31. The van der Waals surface area contributed by atoms with Gasteiger partial charge in [-0.3, -0.25) is 4.79 Å². The largest absolute Gasteiger partial charge is 0.298 e. The fraction of sp³-hybridized carbons (Fsp3) is 0.529. The molecular weight excluding hydrogens is 234 g/mol. The van der Waals surface area contributed by atoms with E-state index in [1.807, 2.05) is 32.0 Å².